The number of hydrogen-bond donors (Lipinski definition) is 5. The fourth-order valence-electron chi connectivity index (χ4n) is 2.89. The van der Waals surface area contributed by atoms with Crippen LogP contribution < -0.4 is 16.6 Å². The molecule has 0 spiro atoms. The maximum absolute atomic E-state index is 12.2. The molecule has 5 N–H and O–H groups in total. The maximum atomic E-state index is 12.2. The lowest BCUT2D eigenvalue weighted by molar-refractivity contribution is -0.141. The molecular weight excluding hydrogens is 340 g/mol. The molecule has 3 aromatic rings. The third-order valence-corrected chi connectivity index (χ3v) is 3.99. The maximum Gasteiger partial charge on any atom is 0.326 e. The second-order valence-corrected chi connectivity index (χ2v) is 5.81. The normalized spacial score (nSPS) is 12.0. The summed E-state index contributed by atoms with van der Waals surface area (Å²) in [6.07, 6.45) is 1.23. The number of hydrogen-bond acceptors (Lipinski definition) is 4. The first-order valence-electron chi connectivity index (χ1n) is 7.78. The van der Waals surface area contributed by atoms with Crippen molar-refractivity contribution in [2.24, 2.45) is 0 Å². The lowest BCUT2D eigenvalue weighted by Gasteiger charge is -2.14. The summed E-state index contributed by atoms with van der Waals surface area (Å²) in [5.74, 6) is -1.66. The number of aromatic amines is 3. The molecule has 0 aliphatic rings. The van der Waals surface area contributed by atoms with Gasteiger partial charge in [-0.3, -0.25) is 14.6 Å². The van der Waals surface area contributed by atoms with Gasteiger partial charge in [0.2, 0.25) is 5.91 Å². The number of rotatable bonds is 5. The van der Waals surface area contributed by atoms with Crippen molar-refractivity contribution in [1.29, 1.82) is 0 Å². The summed E-state index contributed by atoms with van der Waals surface area (Å²) in [7, 11) is 0. The highest BCUT2D eigenvalue weighted by Gasteiger charge is 2.24. The monoisotopic (exact) mass is 356 g/mol. The van der Waals surface area contributed by atoms with Crippen molar-refractivity contribution in [3.05, 3.63) is 56.9 Å². The van der Waals surface area contributed by atoms with Crippen molar-refractivity contribution in [3.63, 3.8) is 0 Å². The minimum absolute atomic E-state index is 0.0349. The number of carbonyl (C=O) groups is 2. The first-order chi connectivity index (χ1) is 12.4. The minimum Gasteiger partial charge on any atom is -0.480 e. The highest BCUT2D eigenvalue weighted by molar-refractivity contribution is 5.92. The molecule has 0 unspecified atom stereocenters. The zero-order chi connectivity index (χ0) is 18.8. The second-order valence-electron chi connectivity index (χ2n) is 5.81. The summed E-state index contributed by atoms with van der Waals surface area (Å²) in [6, 6.07) is 6.00. The molecule has 0 saturated heterocycles. The molecule has 0 saturated carbocycles. The molecule has 2 heterocycles. The summed E-state index contributed by atoms with van der Waals surface area (Å²) in [4.78, 5) is 53.9. The van der Waals surface area contributed by atoms with Crippen LogP contribution in [0.4, 0.5) is 0 Å². The number of carbonyl (C=O) groups excluding carboxylic acids is 1. The van der Waals surface area contributed by atoms with E-state index in [1.54, 1.807) is 24.3 Å². The van der Waals surface area contributed by atoms with E-state index in [4.69, 9.17) is 0 Å². The number of amides is 1. The van der Waals surface area contributed by atoms with Gasteiger partial charge in [-0.1, -0.05) is 18.2 Å². The Kier molecular flexibility index (Phi) is 4.44. The topological polar surface area (TPSA) is 148 Å². The van der Waals surface area contributed by atoms with Crippen molar-refractivity contribution in [2.75, 3.05) is 0 Å². The van der Waals surface area contributed by atoms with E-state index in [0.29, 0.717) is 16.8 Å². The van der Waals surface area contributed by atoms with Gasteiger partial charge in [-0.25, -0.2) is 9.59 Å². The molecule has 1 aromatic carbocycles. The number of H-pyrrole nitrogens is 3. The van der Waals surface area contributed by atoms with Crippen LogP contribution in [-0.4, -0.2) is 38.0 Å². The molecule has 26 heavy (non-hydrogen) atoms. The van der Waals surface area contributed by atoms with Crippen molar-refractivity contribution in [3.8, 4) is 11.3 Å². The Balaban J connectivity index is 2.19. The predicted octanol–water partition coefficient (Wildman–Crippen LogP) is 0.343. The Morgan fingerprint density at radius 3 is 2.58 bits per heavy atom. The van der Waals surface area contributed by atoms with Gasteiger partial charge in [0.1, 0.15) is 6.04 Å². The molecule has 9 heteroatoms. The molecular formula is C17H16N4O5. The molecule has 0 bridgehead atoms. The van der Waals surface area contributed by atoms with Gasteiger partial charge in [0.15, 0.2) is 0 Å². The standard InChI is InChI=1S/C17H16N4O5/c1-8(22)19-13(16(24)25)6-10-9-4-2-3-5-12(9)20-14(10)11-7-18-17(26)21-15(11)23/h2-5,7,13,20H,6H2,1H3,(H,19,22)(H,24,25)(H2,18,21,23,26)/t13-/m0/s1. The zero-order valence-corrected chi connectivity index (χ0v) is 13.8. The average molecular weight is 356 g/mol. The number of carboxylic acid groups (broad SMARTS) is 1. The van der Waals surface area contributed by atoms with Crippen LogP contribution >= 0.6 is 0 Å². The van der Waals surface area contributed by atoms with Crippen LogP contribution in [-0.2, 0) is 16.0 Å². The van der Waals surface area contributed by atoms with E-state index < -0.39 is 29.2 Å². The number of fused-ring (bicyclic) bond motifs is 1. The van der Waals surface area contributed by atoms with Crippen LogP contribution in [0.3, 0.4) is 0 Å². The third kappa shape index (κ3) is 3.27. The van der Waals surface area contributed by atoms with Crippen molar-refractivity contribution in [2.45, 2.75) is 19.4 Å². The molecule has 0 radical (unpaired) electrons. The highest BCUT2D eigenvalue weighted by Crippen LogP contribution is 2.29. The third-order valence-electron chi connectivity index (χ3n) is 3.99. The lowest BCUT2D eigenvalue weighted by Crippen LogP contribution is -2.41. The Morgan fingerprint density at radius 2 is 1.92 bits per heavy atom. The lowest BCUT2D eigenvalue weighted by atomic mass is 10.00. The molecule has 3 rings (SSSR count). The minimum atomic E-state index is -1.19. The van der Waals surface area contributed by atoms with Gasteiger partial charge in [0.25, 0.3) is 5.56 Å². The summed E-state index contributed by atoms with van der Waals surface area (Å²) in [5, 5.41) is 12.5. The molecule has 1 atom stereocenters. The van der Waals surface area contributed by atoms with Crippen LogP contribution in [0.2, 0.25) is 0 Å². The van der Waals surface area contributed by atoms with Crippen LogP contribution in [0.5, 0.6) is 0 Å². The molecule has 9 nitrogen and oxygen atoms in total. The SMILES string of the molecule is CC(=O)N[C@@H](Cc1c(-c2c[nH]c(=O)[nH]c2=O)[nH]c2ccccc12)C(=O)O. The first kappa shape index (κ1) is 17.2. The number of benzene rings is 1. The largest absolute Gasteiger partial charge is 0.480 e. The van der Waals surface area contributed by atoms with Crippen molar-refractivity contribution < 1.29 is 14.7 Å². The van der Waals surface area contributed by atoms with Gasteiger partial charge < -0.3 is 20.4 Å². The zero-order valence-electron chi connectivity index (χ0n) is 13.8. The van der Waals surface area contributed by atoms with Gasteiger partial charge >= 0.3 is 11.7 Å². The highest BCUT2D eigenvalue weighted by atomic mass is 16.4. The Bertz CT molecular complexity index is 1110. The molecule has 134 valence electrons. The van der Waals surface area contributed by atoms with E-state index in [-0.39, 0.29) is 12.0 Å². The summed E-state index contributed by atoms with van der Waals surface area (Å²) >= 11 is 0. The predicted molar refractivity (Wildman–Crippen MR) is 93.9 cm³/mol. The van der Waals surface area contributed by atoms with E-state index in [0.717, 1.165) is 5.39 Å². The van der Waals surface area contributed by atoms with Gasteiger partial charge in [0.05, 0.1) is 11.3 Å². The van der Waals surface area contributed by atoms with Gasteiger partial charge in [0, 0.05) is 30.4 Å². The molecule has 1 amide bonds. The van der Waals surface area contributed by atoms with E-state index >= 15 is 0 Å². The molecule has 0 fully saturated rings. The molecule has 0 aliphatic carbocycles. The fourth-order valence-corrected chi connectivity index (χ4v) is 2.89. The van der Waals surface area contributed by atoms with E-state index in [2.05, 4.69) is 20.3 Å². The number of aliphatic carboxylic acids is 1. The van der Waals surface area contributed by atoms with E-state index in [1.807, 2.05) is 0 Å². The first-order valence-corrected chi connectivity index (χ1v) is 7.78. The van der Waals surface area contributed by atoms with E-state index in [1.165, 1.54) is 13.1 Å². The number of nitrogens with one attached hydrogen (secondary N) is 4. The Hall–Kier alpha value is -3.62. The average Bonchev–Trinajstić information content (AvgIpc) is 2.92. The van der Waals surface area contributed by atoms with Gasteiger partial charge in [-0.15, -0.1) is 0 Å². The molecule has 0 aliphatic heterocycles. The number of para-hydroxylation sites is 1. The quantitative estimate of drug-likeness (QED) is 0.447. The van der Waals surface area contributed by atoms with E-state index in [9.17, 15) is 24.3 Å². The van der Waals surface area contributed by atoms with Crippen molar-refractivity contribution >= 4 is 22.8 Å². The number of aromatic nitrogens is 3. The molecule has 2 aromatic heterocycles. The van der Waals surface area contributed by atoms with Crippen molar-refractivity contribution in [1.82, 2.24) is 20.3 Å². The van der Waals surface area contributed by atoms with Crippen LogP contribution in [0.1, 0.15) is 12.5 Å². The van der Waals surface area contributed by atoms with Gasteiger partial charge in [-0.05, 0) is 11.6 Å². The number of carboxylic acids is 1. The van der Waals surface area contributed by atoms with Crippen LogP contribution in [0.15, 0.2) is 40.1 Å². The summed E-state index contributed by atoms with van der Waals surface area (Å²) in [5.41, 5.74) is 0.573. The van der Waals surface area contributed by atoms with Crippen LogP contribution in [0.25, 0.3) is 22.2 Å². The summed E-state index contributed by atoms with van der Waals surface area (Å²) in [6.45, 7) is 1.23. The smallest absolute Gasteiger partial charge is 0.326 e. The van der Waals surface area contributed by atoms with Gasteiger partial charge in [-0.2, -0.15) is 0 Å². The Morgan fingerprint density at radius 1 is 1.19 bits per heavy atom. The second kappa shape index (κ2) is 6.71. The summed E-state index contributed by atoms with van der Waals surface area (Å²) < 4.78 is 0. The Labute approximate surface area is 146 Å². The van der Waals surface area contributed by atoms with Crippen LogP contribution in [0, 0.1) is 0 Å². The fraction of sp³-hybridized carbons (Fsp3) is 0.176.